The molecule has 1 heterocycles. The molecule has 1 aromatic rings. The molecule has 104 valence electrons. The van der Waals surface area contributed by atoms with Gasteiger partial charge in [0, 0.05) is 32.3 Å². The number of anilines is 1. The van der Waals surface area contributed by atoms with Crippen LogP contribution < -0.4 is 5.32 Å². The van der Waals surface area contributed by atoms with E-state index in [1.807, 2.05) is 6.07 Å². The molecule has 0 radical (unpaired) electrons. The molecule has 0 unspecified atom stereocenters. The van der Waals surface area contributed by atoms with E-state index in [9.17, 15) is 8.42 Å². The number of rotatable bonds is 6. The van der Waals surface area contributed by atoms with Gasteiger partial charge in [0.1, 0.15) is 10.7 Å². The highest BCUT2D eigenvalue weighted by Crippen LogP contribution is 2.23. The van der Waals surface area contributed by atoms with E-state index in [1.165, 1.54) is 16.6 Å². The number of aromatic nitrogens is 1. The zero-order valence-corrected chi connectivity index (χ0v) is 12.1. The van der Waals surface area contributed by atoms with E-state index in [0.717, 1.165) is 0 Å². The summed E-state index contributed by atoms with van der Waals surface area (Å²) >= 11 is 0. The Kier molecular flexibility index (Phi) is 5.27. The van der Waals surface area contributed by atoms with Crippen molar-refractivity contribution in [1.82, 2.24) is 9.29 Å². The predicted molar refractivity (Wildman–Crippen MR) is 73.0 cm³/mol. The molecule has 7 heteroatoms. The first-order valence-corrected chi connectivity index (χ1v) is 7.40. The second kappa shape index (κ2) is 6.50. The van der Waals surface area contributed by atoms with Crippen molar-refractivity contribution >= 4 is 15.8 Å². The van der Waals surface area contributed by atoms with Gasteiger partial charge in [-0.1, -0.05) is 0 Å². The maximum atomic E-state index is 12.6. The van der Waals surface area contributed by atoms with Gasteiger partial charge in [-0.05, 0) is 26.0 Å². The molecule has 0 amide bonds. The molecule has 1 rings (SSSR count). The highest BCUT2D eigenvalue weighted by Gasteiger charge is 2.29. The molecule has 1 N–H and O–H groups in total. The average molecular weight is 282 g/mol. The minimum Gasteiger partial charge on any atom is -0.372 e. The number of hydrogen-bond donors (Lipinski definition) is 1. The highest BCUT2D eigenvalue weighted by atomic mass is 32.2. The van der Waals surface area contributed by atoms with Crippen LogP contribution in [0.15, 0.2) is 23.2 Å². The van der Waals surface area contributed by atoms with Crippen LogP contribution in [0.5, 0.6) is 0 Å². The van der Waals surface area contributed by atoms with Crippen LogP contribution in [-0.4, -0.2) is 37.3 Å². The second-order valence-corrected chi connectivity index (χ2v) is 6.08. The fraction of sp³-hybridized carbons (Fsp3) is 0.500. The van der Waals surface area contributed by atoms with Crippen LogP contribution in [0.25, 0.3) is 0 Å². The minimum atomic E-state index is -3.66. The van der Waals surface area contributed by atoms with Gasteiger partial charge in [-0.15, -0.1) is 0 Å². The molecule has 19 heavy (non-hydrogen) atoms. The predicted octanol–water partition coefficient (Wildman–Crippen LogP) is 1.44. The molecule has 1 aromatic heterocycles. The third kappa shape index (κ3) is 3.43. The Hall–Kier alpha value is -1.65. The molecule has 0 aliphatic heterocycles. The summed E-state index contributed by atoms with van der Waals surface area (Å²) in [4.78, 5) is 4.13. The van der Waals surface area contributed by atoms with Crippen LogP contribution in [0.4, 0.5) is 5.82 Å². The average Bonchev–Trinajstić information content (AvgIpc) is 2.38. The van der Waals surface area contributed by atoms with Crippen molar-refractivity contribution in [3.05, 3.63) is 18.3 Å². The number of nitrogens with one attached hydrogen (secondary N) is 1. The maximum Gasteiger partial charge on any atom is 0.247 e. The first kappa shape index (κ1) is 15.4. The van der Waals surface area contributed by atoms with Crippen LogP contribution >= 0.6 is 0 Å². The second-order valence-electron chi connectivity index (χ2n) is 4.22. The lowest BCUT2D eigenvalue weighted by Gasteiger charge is -2.25. The van der Waals surface area contributed by atoms with Crippen molar-refractivity contribution in [2.75, 3.05) is 18.9 Å². The number of nitrogens with zero attached hydrogens (tertiary/aromatic N) is 3. The van der Waals surface area contributed by atoms with E-state index >= 15 is 0 Å². The fourth-order valence-electron chi connectivity index (χ4n) is 1.73. The van der Waals surface area contributed by atoms with Crippen molar-refractivity contribution in [3.8, 4) is 6.07 Å². The third-order valence-electron chi connectivity index (χ3n) is 2.61. The molecule has 0 saturated carbocycles. The van der Waals surface area contributed by atoms with Gasteiger partial charge < -0.3 is 5.32 Å². The Balaban J connectivity index is 3.23. The minimum absolute atomic E-state index is 0.129. The normalized spacial score (nSPS) is 11.6. The molecular formula is C12H18N4O2S. The van der Waals surface area contributed by atoms with Crippen LogP contribution in [0.3, 0.4) is 0 Å². The molecule has 0 bridgehead atoms. The van der Waals surface area contributed by atoms with E-state index in [4.69, 9.17) is 5.26 Å². The van der Waals surface area contributed by atoms with Gasteiger partial charge in [-0.25, -0.2) is 13.4 Å². The van der Waals surface area contributed by atoms with Gasteiger partial charge in [0.25, 0.3) is 0 Å². The van der Waals surface area contributed by atoms with Crippen LogP contribution in [0.1, 0.15) is 20.3 Å². The number of nitriles is 1. The zero-order chi connectivity index (χ0) is 14.5. The summed E-state index contributed by atoms with van der Waals surface area (Å²) in [5.41, 5.74) is 0. The Morgan fingerprint density at radius 3 is 2.74 bits per heavy atom. The van der Waals surface area contributed by atoms with Gasteiger partial charge in [-0.3, -0.25) is 0 Å². The van der Waals surface area contributed by atoms with Crippen molar-refractivity contribution in [1.29, 1.82) is 5.26 Å². The molecule has 0 aliphatic rings. The Bertz CT molecular complexity index is 563. The van der Waals surface area contributed by atoms with Crippen LogP contribution in [0.2, 0.25) is 0 Å². The Morgan fingerprint density at radius 2 is 2.21 bits per heavy atom. The summed E-state index contributed by atoms with van der Waals surface area (Å²) in [5.74, 6) is 0.310. The molecule has 0 aromatic carbocycles. The van der Waals surface area contributed by atoms with E-state index in [1.54, 1.807) is 27.0 Å². The summed E-state index contributed by atoms with van der Waals surface area (Å²) < 4.78 is 26.5. The summed E-state index contributed by atoms with van der Waals surface area (Å²) in [6.07, 6.45) is 1.69. The Labute approximate surface area is 114 Å². The van der Waals surface area contributed by atoms with Crippen molar-refractivity contribution in [2.24, 2.45) is 0 Å². The highest BCUT2D eigenvalue weighted by molar-refractivity contribution is 7.89. The van der Waals surface area contributed by atoms with Gasteiger partial charge in [0.2, 0.25) is 10.0 Å². The van der Waals surface area contributed by atoms with Crippen LogP contribution in [0, 0.1) is 11.3 Å². The van der Waals surface area contributed by atoms with Crippen molar-refractivity contribution in [2.45, 2.75) is 31.2 Å². The summed E-state index contributed by atoms with van der Waals surface area (Å²) in [6.45, 7) is 3.74. The molecule has 0 atom stereocenters. The molecule has 0 fully saturated rings. The van der Waals surface area contributed by atoms with E-state index in [2.05, 4.69) is 10.3 Å². The molecule has 0 aliphatic carbocycles. The number of sulfonamides is 1. The maximum absolute atomic E-state index is 12.6. The van der Waals surface area contributed by atoms with Gasteiger partial charge in [0.05, 0.1) is 6.07 Å². The van der Waals surface area contributed by atoms with E-state index < -0.39 is 10.0 Å². The summed E-state index contributed by atoms with van der Waals surface area (Å²) in [6, 6.07) is 4.84. The SMILES string of the molecule is CNc1ncccc1S(=O)(=O)N(CCC#N)C(C)C. The van der Waals surface area contributed by atoms with E-state index in [0.29, 0.717) is 5.82 Å². The number of hydrogen-bond acceptors (Lipinski definition) is 5. The van der Waals surface area contributed by atoms with Crippen molar-refractivity contribution in [3.63, 3.8) is 0 Å². The zero-order valence-electron chi connectivity index (χ0n) is 11.3. The standard InChI is InChI=1S/C12H18N4O2S/c1-10(2)16(9-5-7-13)19(17,18)11-6-4-8-15-12(11)14-3/h4,6,8,10H,5,9H2,1-3H3,(H,14,15). The fourth-order valence-corrected chi connectivity index (χ4v) is 3.52. The largest absolute Gasteiger partial charge is 0.372 e. The first-order chi connectivity index (χ1) is 8.95. The number of pyridine rings is 1. The first-order valence-electron chi connectivity index (χ1n) is 5.96. The van der Waals surface area contributed by atoms with Gasteiger partial charge >= 0.3 is 0 Å². The lowest BCUT2D eigenvalue weighted by molar-refractivity contribution is 0.360. The third-order valence-corrected chi connectivity index (χ3v) is 4.72. The molecule has 0 spiro atoms. The van der Waals surface area contributed by atoms with Gasteiger partial charge in [0.15, 0.2) is 0 Å². The summed E-state index contributed by atoms with van der Waals surface area (Å²) in [5, 5.41) is 11.4. The monoisotopic (exact) mass is 282 g/mol. The lowest BCUT2D eigenvalue weighted by atomic mass is 10.3. The quantitative estimate of drug-likeness (QED) is 0.853. The lowest BCUT2D eigenvalue weighted by Crippen LogP contribution is -2.38. The molecular weight excluding hydrogens is 264 g/mol. The smallest absolute Gasteiger partial charge is 0.247 e. The van der Waals surface area contributed by atoms with Crippen molar-refractivity contribution < 1.29 is 8.42 Å². The topological polar surface area (TPSA) is 86.1 Å². The molecule has 0 saturated heterocycles. The molecule has 6 nitrogen and oxygen atoms in total. The Morgan fingerprint density at radius 1 is 1.53 bits per heavy atom. The van der Waals surface area contributed by atoms with E-state index in [-0.39, 0.29) is 23.9 Å². The van der Waals surface area contributed by atoms with Gasteiger partial charge in [-0.2, -0.15) is 9.57 Å². The van der Waals surface area contributed by atoms with Crippen LogP contribution in [-0.2, 0) is 10.0 Å². The summed E-state index contributed by atoms with van der Waals surface area (Å²) in [7, 11) is -2.04.